The number of benzene rings is 1. The second-order valence-electron chi connectivity index (χ2n) is 9.35. The Kier molecular flexibility index (Phi) is 9.97. The van der Waals surface area contributed by atoms with Gasteiger partial charge in [-0.05, 0) is 45.1 Å². The molecule has 2 aliphatic rings. The van der Waals surface area contributed by atoms with Crippen molar-refractivity contribution < 1.29 is 4.74 Å². The number of nitrogens with zero attached hydrogens (tertiary/aromatic N) is 4. The highest BCUT2D eigenvalue weighted by Crippen LogP contribution is 2.33. The second kappa shape index (κ2) is 12.7. The van der Waals surface area contributed by atoms with Crippen molar-refractivity contribution in [2.45, 2.75) is 77.5 Å². The first kappa shape index (κ1) is 25.9. The van der Waals surface area contributed by atoms with E-state index in [1.54, 1.807) is 0 Å². The average molecular weight is 567 g/mol. The fourth-order valence-electron chi connectivity index (χ4n) is 4.74. The molecule has 33 heavy (non-hydrogen) atoms. The van der Waals surface area contributed by atoms with Crippen LogP contribution < -0.4 is 10.6 Å². The molecule has 7 nitrogen and oxygen atoms in total. The molecule has 1 aliphatic carbocycles. The van der Waals surface area contributed by atoms with E-state index in [9.17, 15) is 0 Å². The quantitative estimate of drug-likeness (QED) is 0.304. The zero-order chi connectivity index (χ0) is 22.3. The van der Waals surface area contributed by atoms with E-state index in [0.717, 1.165) is 43.6 Å². The number of nitrogens with one attached hydrogen (secondary N) is 2. The molecule has 1 aromatic carbocycles. The summed E-state index contributed by atoms with van der Waals surface area (Å²) >= 11 is 0. The summed E-state index contributed by atoms with van der Waals surface area (Å²) in [4.78, 5) is 4.89. The lowest BCUT2D eigenvalue weighted by Crippen LogP contribution is -2.46. The topological polar surface area (TPSA) is 76.4 Å². The van der Waals surface area contributed by atoms with E-state index in [0.29, 0.717) is 18.5 Å². The van der Waals surface area contributed by atoms with Gasteiger partial charge < -0.3 is 19.9 Å². The lowest BCUT2D eigenvalue weighted by atomic mass is 9.89. The molecule has 4 rings (SSSR count). The lowest BCUT2D eigenvalue weighted by Gasteiger charge is -2.33. The van der Waals surface area contributed by atoms with Gasteiger partial charge in [0.2, 0.25) is 0 Å². The van der Waals surface area contributed by atoms with Gasteiger partial charge in [0, 0.05) is 32.2 Å². The van der Waals surface area contributed by atoms with Gasteiger partial charge >= 0.3 is 0 Å². The number of aromatic nitrogens is 3. The van der Waals surface area contributed by atoms with E-state index in [1.165, 1.54) is 43.2 Å². The molecule has 182 valence electrons. The van der Waals surface area contributed by atoms with Crippen molar-refractivity contribution in [1.82, 2.24) is 25.4 Å². The number of guanidine groups is 1. The highest BCUT2D eigenvalue weighted by atomic mass is 127. The number of rotatable bonds is 6. The van der Waals surface area contributed by atoms with Crippen molar-refractivity contribution in [1.29, 1.82) is 0 Å². The fraction of sp³-hybridized carbons (Fsp3) is 0.640. The minimum Gasteiger partial charge on any atom is -0.373 e. The molecule has 2 N–H and O–H groups in total. The first-order valence-corrected chi connectivity index (χ1v) is 12.2. The molecule has 2 atom stereocenters. The summed E-state index contributed by atoms with van der Waals surface area (Å²) in [6.07, 6.45) is 8.74. The number of hydrogen-bond acceptors (Lipinski definition) is 4. The highest BCUT2D eigenvalue weighted by molar-refractivity contribution is 14.0. The van der Waals surface area contributed by atoms with Crippen LogP contribution in [0.2, 0.25) is 0 Å². The molecular weight excluding hydrogens is 527 g/mol. The number of hydrogen-bond donors (Lipinski definition) is 2. The van der Waals surface area contributed by atoms with Crippen LogP contribution in [0.3, 0.4) is 0 Å². The van der Waals surface area contributed by atoms with Gasteiger partial charge in [-0.2, -0.15) is 0 Å². The van der Waals surface area contributed by atoms with Gasteiger partial charge in [0.05, 0.1) is 6.10 Å². The molecule has 2 heterocycles. The molecule has 2 aromatic rings. The SMILES string of the molecule is Cc1ccc(C2OCCCC2CNC(=NCc2nnc(C)n2C)NC2CCCCC2)cc1.I. The van der Waals surface area contributed by atoms with Crippen molar-refractivity contribution in [3.05, 3.63) is 47.0 Å². The molecule has 0 amide bonds. The third kappa shape index (κ3) is 7.15. The Morgan fingerprint density at radius 2 is 1.82 bits per heavy atom. The summed E-state index contributed by atoms with van der Waals surface area (Å²) in [6.45, 7) is 6.29. The average Bonchev–Trinajstić information content (AvgIpc) is 3.14. The number of ether oxygens (including phenoxy) is 1. The van der Waals surface area contributed by atoms with Crippen LogP contribution in [0, 0.1) is 19.8 Å². The molecule has 1 aromatic heterocycles. The molecular formula is C25H39IN6O. The third-order valence-corrected chi connectivity index (χ3v) is 6.89. The lowest BCUT2D eigenvalue weighted by molar-refractivity contribution is -0.0265. The number of aliphatic imine (C=N–C) groups is 1. The summed E-state index contributed by atoms with van der Waals surface area (Å²) in [7, 11) is 1.99. The minimum atomic E-state index is 0. The van der Waals surface area contributed by atoms with Gasteiger partial charge in [-0.25, -0.2) is 4.99 Å². The third-order valence-electron chi connectivity index (χ3n) is 6.89. The molecule has 1 aliphatic heterocycles. The molecule has 1 saturated heterocycles. The van der Waals surface area contributed by atoms with Gasteiger partial charge in [0.15, 0.2) is 11.8 Å². The Morgan fingerprint density at radius 1 is 1.06 bits per heavy atom. The Labute approximate surface area is 215 Å². The second-order valence-corrected chi connectivity index (χ2v) is 9.35. The summed E-state index contributed by atoms with van der Waals surface area (Å²) in [6, 6.07) is 9.27. The monoisotopic (exact) mass is 566 g/mol. The maximum absolute atomic E-state index is 6.22. The number of aryl methyl sites for hydroxylation is 2. The first-order chi connectivity index (χ1) is 15.6. The maximum Gasteiger partial charge on any atom is 0.191 e. The standard InChI is InChI=1S/C25H38N6O.HI/c1-18-11-13-20(14-12-18)24-21(8-7-15-32-24)16-26-25(28-22-9-5-4-6-10-22)27-17-23-30-29-19(2)31(23)3;/h11-14,21-22,24H,4-10,15-17H2,1-3H3,(H2,26,27,28);1H. The fourth-order valence-corrected chi connectivity index (χ4v) is 4.74. The van der Waals surface area contributed by atoms with Crippen LogP contribution in [0.15, 0.2) is 29.3 Å². The Bertz CT molecular complexity index is 891. The molecule has 0 spiro atoms. The van der Waals surface area contributed by atoms with E-state index in [1.807, 2.05) is 18.5 Å². The van der Waals surface area contributed by atoms with Gasteiger partial charge in [-0.3, -0.25) is 0 Å². The van der Waals surface area contributed by atoms with Crippen LogP contribution in [0.25, 0.3) is 0 Å². The summed E-state index contributed by atoms with van der Waals surface area (Å²) in [5, 5.41) is 15.8. The maximum atomic E-state index is 6.22. The molecule has 2 fully saturated rings. The van der Waals surface area contributed by atoms with Crippen LogP contribution in [0.4, 0.5) is 0 Å². The van der Waals surface area contributed by atoms with Crippen molar-refractivity contribution in [2.24, 2.45) is 18.0 Å². The van der Waals surface area contributed by atoms with Crippen LogP contribution in [0.1, 0.15) is 73.8 Å². The molecule has 8 heteroatoms. The van der Waals surface area contributed by atoms with E-state index in [2.05, 4.69) is 52.0 Å². The Hall–Kier alpha value is -1.68. The smallest absolute Gasteiger partial charge is 0.191 e. The predicted molar refractivity (Wildman–Crippen MR) is 143 cm³/mol. The number of halogens is 1. The van der Waals surface area contributed by atoms with E-state index in [-0.39, 0.29) is 30.1 Å². The Balaban J connectivity index is 0.00000306. The van der Waals surface area contributed by atoms with Gasteiger partial charge in [-0.1, -0.05) is 49.1 Å². The summed E-state index contributed by atoms with van der Waals surface area (Å²) < 4.78 is 8.23. The van der Waals surface area contributed by atoms with Crippen molar-refractivity contribution >= 4 is 29.9 Å². The Morgan fingerprint density at radius 3 is 2.52 bits per heavy atom. The minimum absolute atomic E-state index is 0. The summed E-state index contributed by atoms with van der Waals surface area (Å²) in [5.74, 6) is 3.09. The molecule has 2 unspecified atom stereocenters. The van der Waals surface area contributed by atoms with Gasteiger partial charge in [-0.15, -0.1) is 34.2 Å². The van der Waals surface area contributed by atoms with E-state index < -0.39 is 0 Å². The van der Waals surface area contributed by atoms with Crippen LogP contribution in [-0.4, -0.2) is 39.9 Å². The van der Waals surface area contributed by atoms with Crippen LogP contribution in [0.5, 0.6) is 0 Å². The zero-order valence-corrected chi connectivity index (χ0v) is 22.5. The molecule has 0 bridgehead atoms. The normalized spacial score (nSPS) is 22.0. The highest BCUT2D eigenvalue weighted by Gasteiger charge is 2.28. The van der Waals surface area contributed by atoms with Crippen molar-refractivity contribution in [2.75, 3.05) is 13.2 Å². The van der Waals surface area contributed by atoms with Gasteiger partial charge in [0.1, 0.15) is 12.4 Å². The molecule has 1 saturated carbocycles. The van der Waals surface area contributed by atoms with Gasteiger partial charge in [0.25, 0.3) is 0 Å². The van der Waals surface area contributed by atoms with E-state index >= 15 is 0 Å². The largest absolute Gasteiger partial charge is 0.373 e. The van der Waals surface area contributed by atoms with E-state index in [4.69, 9.17) is 9.73 Å². The van der Waals surface area contributed by atoms with Crippen molar-refractivity contribution in [3.8, 4) is 0 Å². The zero-order valence-electron chi connectivity index (χ0n) is 20.2. The summed E-state index contributed by atoms with van der Waals surface area (Å²) in [5.41, 5.74) is 2.56. The van der Waals surface area contributed by atoms with Crippen molar-refractivity contribution in [3.63, 3.8) is 0 Å². The molecule has 0 radical (unpaired) electrons. The van der Waals surface area contributed by atoms with Crippen LogP contribution >= 0.6 is 24.0 Å². The van der Waals surface area contributed by atoms with Crippen LogP contribution in [-0.2, 0) is 18.3 Å². The first-order valence-electron chi connectivity index (χ1n) is 12.2. The predicted octanol–water partition coefficient (Wildman–Crippen LogP) is 4.59.